The van der Waals surface area contributed by atoms with E-state index in [-0.39, 0.29) is 12.6 Å². The third-order valence-electron chi connectivity index (χ3n) is 3.41. The molecule has 1 rings (SSSR count). The first-order valence-corrected chi connectivity index (χ1v) is 7.33. The topological polar surface area (TPSA) is 32.3 Å². The zero-order valence-corrected chi connectivity index (χ0v) is 12.2. The van der Waals surface area contributed by atoms with Gasteiger partial charge in [-0.25, -0.2) is 0 Å². The van der Waals surface area contributed by atoms with Crippen molar-refractivity contribution in [2.45, 2.75) is 45.1 Å². The summed E-state index contributed by atoms with van der Waals surface area (Å²) in [5, 5.41) is 12.1. The Morgan fingerprint density at radius 1 is 1.21 bits per heavy atom. The van der Waals surface area contributed by atoms with Gasteiger partial charge in [-0.05, 0) is 37.4 Å². The van der Waals surface area contributed by atoms with E-state index >= 15 is 0 Å². The predicted octanol–water partition coefficient (Wildman–Crippen LogP) is 3.40. The molecule has 0 aliphatic rings. The molecule has 0 bridgehead atoms. The van der Waals surface area contributed by atoms with Crippen molar-refractivity contribution >= 4 is 6.08 Å². The first kappa shape index (κ1) is 15.9. The number of benzene rings is 1. The molecule has 2 heteroatoms. The summed E-state index contributed by atoms with van der Waals surface area (Å²) in [4.78, 5) is 0. The van der Waals surface area contributed by atoms with Crippen LogP contribution in [0.4, 0.5) is 0 Å². The smallest absolute Gasteiger partial charge is 0.0587 e. The van der Waals surface area contributed by atoms with Gasteiger partial charge in [0.15, 0.2) is 0 Å². The fourth-order valence-corrected chi connectivity index (χ4v) is 2.03. The highest BCUT2D eigenvalue weighted by molar-refractivity contribution is 5.49. The van der Waals surface area contributed by atoms with E-state index in [4.69, 9.17) is 5.11 Å². The summed E-state index contributed by atoms with van der Waals surface area (Å²) in [6, 6.07) is 8.94. The normalized spacial score (nSPS) is 13.0. The molecule has 1 aromatic rings. The van der Waals surface area contributed by atoms with Gasteiger partial charge in [0.1, 0.15) is 0 Å². The summed E-state index contributed by atoms with van der Waals surface area (Å²) in [7, 11) is 1.87. The van der Waals surface area contributed by atoms with Crippen LogP contribution in [0, 0.1) is 0 Å². The maximum absolute atomic E-state index is 9.07. The molecule has 106 valence electrons. The second-order valence-electron chi connectivity index (χ2n) is 5.00. The van der Waals surface area contributed by atoms with Gasteiger partial charge in [0, 0.05) is 6.04 Å². The van der Waals surface area contributed by atoms with Crippen LogP contribution in [-0.2, 0) is 6.42 Å². The Kier molecular flexibility index (Phi) is 8.19. The average molecular weight is 261 g/mol. The van der Waals surface area contributed by atoms with Crippen molar-refractivity contribution in [1.29, 1.82) is 0 Å². The van der Waals surface area contributed by atoms with Crippen molar-refractivity contribution in [2.75, 3.05) is 13.7 Å². The number of aliphatic hydroxyl groups is 1. The molecule has 0 spiro atoms. The summed E-state index contributed by atoms with van der Waals surface area (Å²) in [5.41, 5.74) is 2.65. The van der Waals surface area contributed by atoms with Gasteiger partial charge in [-0.15, -0.1) is 0 Å². The molecule has 19 heavy (non-hydrogen) atoms. The number of aliphatic hydroxyl groups excluding tert-OH is 1. The summed E-state index contributed by atoms with van der Waals surface area (Å²) in [6.07, 6.45) is 10.1. The Bertz CT molecular complexity index is 352. The second-order valence-corrected chi connectivity index (χ2v) is 5.00. The number of hydrogen-bond acceptors (Lipinski definition) is 2. The molecule has 1 atom stereocenters. The average Bonchev–Trinajstić information content (AvgIpc) is 2.45. The standard InChI is InChI=1S/C17H27NO/c1-3-4-5-7-15-10-12-16(13-11-15)8-6-9-17(14-19)18-2/h6,8,10-13,17-19H,3-5,7,9,14H2,1-2H3/b8-6+/t17-/m0/s1. The molecule has 0 heterocycles. The minimum absolute atomic E-state index is 0.157. The zero-order chi connectivity index (χ0) is 13.9. The number of nitrogens with one attached hydrogen (secondary N) is 1. The van der Waals surface area contributed by atoms with Crippen LogP contribution in [0.5, 0.6) is 0 Å². The lowest BCUT2D eigenvalue weighted by Gasteiger charge is -2.09. The minimum atomic E-state index is 0.157. The minimum Gasteiger partial charge on any atom is -0.395 e. The van der Waals surface area contributed by atoms with E-state index in [0.717, 1.165) is 6.42 Å². The van der Waals surface area contributed by atoms with Crippen LogP contribution >= 0.6 is 0 Å². The lowest BCUT2D eigenvalue weighted by Crippen LogP contribution is -2.27. The zero-order valence-electron chi connectivity index (χ0n) is 12.2. The molecule has 2 N–H and O–H groups in total. The van der Waals surface area contributed by atoms with Gasteiger partial charge in [-0.1, -0.05) is 56.2 Å². The molecule has 0 unspecified atom stereocenters. The summed E-state index contributed by atoms with van der Waals surface area (Å²) >= 11 is 0. The van der Waals surface area contributed by atoms with Gasteiger partial charge in [0.05, 0.1) is 6.61 Å². The fourth-order valence-electron chi connectivity index (χ4n) is 2.03. The number of aryl methyl sites for hydroxylation is 1. The van der Waals surface area contributed by atoms with Crippen molar-refractivity contribution in [3.05, 3.63) is 41.5 Å². The van der Waals surface area contributed by atoms with Crippen molar-refractivity contribution in [1.82, 2.24) is 5.32 Å². The fraction of sp³-hybridized carbons (Fsp3) is 0.529. The van der Waals surface area contributed by atoms with Crippen molar-refractivity contribution in [3.63, 3.8) is 0 Å². The Morgan fingerprint density at radius 3 is 2.53 bits per heavy atom. The molecule has 0 saturated carbocycles. The highest BCUT2D eigenvalue weighted by Gasteiger charge is 1.99. The summed E-state index contributed by atoms with van der Waals surface area (Å²) in [5.74, 6) is 0. The molecular weight excluding hydrogens is 234 g/mol. The molecule has 1 aromatic carbocycles. The van der Waals surface area contributed by atoms with Crippen LogP contribution in [0.2, 0.25) is 0 Å². The van der Waals surface area contributed by atoms with Crippen molar-refractivity contribution in [2.24, 2.45) is 0 Å². The van der Waals surface area contributed by atoms with E-state index in [9.17, 15) is 0 Å². The Morgan fingerprint density at radius 2 is 1.95 bits per heavy atom. The number of hydrogen-bond donors (Lipinski definition) is 2. The summed E-state index contributed by atoms with van der Waals surface area (Å²) < 4.78 is 0. The third kappa shape index (κ3) is 6.55. The quantitative estimate of drug-likeness (QED) is 0.668. The summed E-state index contributed by atoms with van der Waals surface area (Å²) in [6.45, 7) is 2.41. The molecule has 0 aliphatic carbocycles. The highest BCUT2D eigenvalue weighted by Crippen LogP contribution is 2.10. The second kappa shape index (κ2) is 9.76. The van der Waals surface area contributed by atoms with E-state index in [1.807, 2.05) is 7.05 Å². The van der Waals surface area contributed by atoms with Gasteiger partial charge < -0.3 is 10.4 Å². The number of unbranched alkanes of at least 4 members (excludes halogenated alkanes) is 2. The van der Waals surface area contributed by atoms with Gasteiger partial charge in [-0.2, -0.15) is 0 Å². The van der Waals surface area contributed by atoms with Crippen molar-refractivity contribution in [3.8, 4) is 0 Å². The largest absolute Gasteiger partial charge is 0.395 e. The van der Waals surface area contributed by atoms with Crippen LogP contribution < -0.4 is 5.32 Å². The highest BCUT2D eigenvalue weighted by atomic mass is 16.3. The first-order valence-electron chi connectivity index (χ1n) is 7.33. The Hall–Kier alpha value is -1.12. The van der Waals surface area contributed by atoms with Crippen molar-refractivity contribution < 1.29 is 5.11 Å². The molecule has 0 aromatic heterocycles. The van der Waals surface area contributed by atoms with E-state index in [0.29, 0.717) is 0 Å². The van der Waals surface area contributed by atoms with Crippen LogP contribution in [0.3, 0.4) is 0 Å². The van der Waals surface area contributed by atoms with Crippen LogP contribution in [-0.4, -0.2) is 24.8 Å². The molecule has 0 saturated heterocycles. The molecule has 2 nitrogen and oxygen atoms in total. The number of likely N-dealkylation sites (N-methyl/N-ethyl adjacent to an activating group) is 1. The van der Waals surface area contributed by atoms with Gasteiger partial charge in [0.25, 0.3) is 0 Å². The molecule has 0 aliphatic heterocycles. The molecule has 0 radical (unpaired) electrons. The van der Waals surface area contributed by atoms with Gasteiger partial charge >= 0.3 is 0 Å². The lowest BCUT2D eigenvalue weighted by molar-refractivity contribution is 0.250. The molecule has 0 fully saturated rings. The Balaban J connectivity index is 2.41. The Labute approximate surface area is 117 Å². The lowest BCUT2D eigenvalue weighted by atomic mass is 10.0. The van der Waals surface area contributed by atoms with E-state index in [2.05, 4.69) is 48.7 Å². The van der Waals surface area contributed by atoms with Gasteiger partial charge in [-0.3, -0.25) is 0 Å². The van der Waals surface area contributed by atoms with Crippen LogP contribution in [0.25, 0.3) is 6.08 Å². The van der Waals surface area contributed by atoms with E-state index in [1.165, 1.54) is 36.8 Å². The third-order valence-corrected chi connectivity index (χ3v) is 3.41. The monoisotopic (exact) mass is 261 g/mol. The molecular formula is C17H27NO. The van der Waals surface area contributed by atoms with Gasteiger partial charge in [0.2, 0.25) is 0 Å². The predicted molar refractivity (Wildman–Crippen MR) is 83.3 cm³/mol. The molecule has 0 amide bonds. The maximum Gasteiger partial charge on any atom is 0.0587 e. The maximum atomic E-state index is 9.07. The van der Waals surface area contributed by atoms with E-state index < -0.39 is 0 Å². The van der Waals surface area contributed by atoms with E-state index in [1.54, 1.807) is 0 Å². The van der Waals surface area contributed by atoms with Crippen LogP contribution in [0.15, 0.2) is 30.3 Å². The van der Waals surface area contributed by atoms with Crippen LogP contribution in [0.1, 0.15) is 43.7 Å². The first-order chi connectivity index (χ1) is 9.30. The number of rotatable bonds is 9. The SMILES string of the molecule is CCCCCc1ccc(/C=C/C[C@@H](CO)NC)cc1.